The van der Waals surface area contributed by atoms with Gasteiger partial charge in [0.2, 0.25) is 0 Å². The molecule has 0 aromatic heterocycles. The van der Waals surface area contributed by atoms with Crippen LogP contribution in [0.1, 0.15) is 41.5 Å². The van der Waals surface area contributed by atoms with Gasteiger partial charge in [-0.25, -0.2) is 0 Å². The van der Waals surface area contributed by atoms with Crippen LogP contribution in [0.5, 0.6) is 0 Å². The SMILES string of the molecule is CC(=O)[O-].CC(=O)[O-].CC(=O)[O-].CC(=O)[O-].CC(=O)[O-].CC(=O)[O-].[Mg+2].[Mg+2].[Mg+2]. The molecule has 15 heteroatoms. The maximum atomic E-state index is 8.89. The number of rotatable bonds is 0. The maximum absolute atomic E-state index is 8.89. The molecule has 0 aliphatic heterocycles. The topological polar surface area (TPSA) is 241 Å². The van der Waals surface area contributed by atoms with Gasteiger partial charge in [0.15, 0.2) is 0 Å². The molecule has 0 saturated heterocycles. The summed E-state index contributed by atoms with van der Waals surface area (Å²) in [4.78, 5) is 53.3. The van der Waals surface area contributed by atoms with Crippen molar-refractivity contribution in [3.8, 4) is 0 Å². The molecule has 144 valence electrons. The third kappa shape index (κ3) is 17300. The third-order valence-corrected chi connectivity index (χ3v) is 0. The minimum absolute atomic E-state index is 0. The number of carbonyl (C=O) groups excluding carboxylic acids is 6. The molecule has 0 aliphatic rings. The van der Waals surface area contributed by atoms with Crippen LogP contribution in [0, 0.1) is 0 Å². The molecule has 0 radical (unpaired) electrons. The van der Waals surface area contributed by atoms with E-state index in [0.717, 1.165) is 41.5 Å². The Morgan fingerprint density at radius 2 is 0.333 bits per heavy atom. The summed E-state index contributed by atoms with van der Waals surface area (Å²) in [5.41, 5.74) is 0. The molecule has 0 heterocycles. The minimum atomic E-state index is -1.08. The van der Waals surface area contributed by atoms with Crippen LogP contribution < -0.4 is 30.6 Å². The summed E-state index contributed by atoms with van der Waals surface area (Å²) in [6, 6.07) is 0. The van der Waals surface area contributed by atoms with Gasteiger partial charge in [0.25, 0.3) is 0 Å². The normalized spacial score (nSPS) is 5.56. The molecule has 0 N–H and O–H groups in total. The molecule has 0 saturated carbocycles. The van der Waals surface area contributed by atoms with Crippen molar-refractivity contribution in [1.82, 2.24) is 0 Å². The van der Waals surface area contributed by atoms with Crippen LogP contribution in [0.3, 0.4) is 0 Å². The first-order chi connectivity index (χ1) is 10.4. The van der Waals surface area contributed by atoms with Crippen molar-refractivity contribution in [2.75, 3.05) is 0 Å². The van der Waals surface area contributed by atoms with E-state index in [4.69, 9.17) is 59.4 Å². The van der Waals surface area contributed by atoms with E-state index >= 15 is 0 Å². The van der Waals surface area contributed by atoms with Crippen molar-refractivity contribution in [2.24, 2.45) is 0 Å². The van der Waals surface area contributed by atoms with Gasteiger partial charge in [-0.05, 0) is 41.5 Å². The van der Waals surface area contributed by atoms with E-state index in [1.54, 1.807) is 0 Å². The first-order valence-electron chi connectivity index (χ1n) is 5.45. The summed E-state index contributed by atoms with van der Waals surface area (Å²) in [5.74, 6) is -6.50. The Bertz CT molecular complexity index is 269. The van der Waals surface area contributed by atoms with Crippen LogP contribution in [-0.2, 0) is 28.8 Å². The van der Waals surface area contributed by atoms with Crippen LogP contribution in [0.2, 0.25) is 0 Å². The quantitative estimate of drug-likeness (QED) is 0.327. The fourth-order valence-electron chi connectivity index (χ4n) is 0. The van der Waals surface area contributed by atoms with Gasteiger partial charge in [-0.1, -0.05) is 0 Å². The standard InChI is InChI=1S/6C2H4O2.3Mg/c6*1-2(3)4;;;/h6*1H3,(H,3,4);;;/q;;;;;;3*+2/p-6. The first-order valence-corrected chi connectivity index (χ1v) is 5.45. The van der Waals surface area contributed by atoms with E-state index in [9.17, 15) is 0 Å². The molecule has 0 unspecified atom stereocenters. The molecule has 0 rings (SSSR count). The predicted octanol–water partition coefficient (Wildman–Crippen LogP) is -8.61. The van der Waals surface area contributed by atoms with Gasteiger partial charge in [0.1, 0.15) is 0 Å². The molecular weight excluding hydrogens is 409 g/mol. The van der Waals surface area contributed by atoms with Gasteiger partial charge < -0.3 is 59.4 Å². The van der Waals surface area contributed by atoms with Crippen molar-refractivity contribution in [1.29, 1.82) is 0 Å². The fraction of sp³-hybridized carbons (Fsp3) is 0.500. The van der Waals surface area contributed by atoms with E-state index in [-0.39, 0.29) is 69.2 Å². The largest absolute Gasteiger partial charge is 2.00 e. The Labute approximate surface area is 204 Å². The molecular formula is C12H18Mg3O12. The summed E-state index contributed by atoms with van der Waals surface area (Å²) >= 11 is 0. The van der Waals surface area contributed by atoms with E-state index in [1.807, 2.05) is 0 Å². The van der Waals surface area contributed by atoms with Gasteiger partial charge in [-0.3, -0.25) is 0 Å². The molecule has 0 atom stereocenters. The minimum Gasteiger partial charge on any atom is -0.550 e. The second kappa shape index (κ2) is 49.9. The molecule has 0 fully saturated rings. The van der Waals surface area contributed by atoms with Gasteiger partial charge in [0.05, 0.1) is 0 Å². The smallest absolute Gasteiger partial charge is 0.550 e. The Balaban J connectivity index is -0.0000000201. The average molecular weight is 427 g/mol. The Hall–Kier alpha value is -0.881. The average Bonchev–Trinajstić information content (AvgIpc) is 2.08. The molecule has 0 aromatic rings. The molecule has 27 heavy (non-hydrogen) atoms. The second-order valence-electron chi connectivity index (χ2n) is 2.95. The van der Waals surface area contributed by atoms with Crippen LogP contribution in [0.25, 0.3) is 0 Å². The van der Waals surface area contributed by atoms with E-state index in [0.29, 0.717) is 0 Å². The second-order valence-corrected chi connectivity index (χ2v) is 2.95. The zero-order chi connectivity index (χ0) is 21.5. The van der Waals surface area contributed by atoms with Crippen molar-refractivity contribution < 1.29 is 59.4 Å². The van der Waals surface area contributed by atoms with Crippen LogP contribution >= 0.6 is 0 Å². The van der Waals surface area contributed by atoms with Crippen molar-refractivity contribution in [3.05, 3.63) is 0 Å². The van der Waals surface area contributed by atoms with Gasteiger partial charge in [0, 0.05) is 35.8 Å². The number of hydrogen-bond donors (Lipinski definition) is 0. The van der Waals surface area contributed by atoms with Crippen molar-refractivity contribution in [2.45, 2.75) is 41.5 Å². The predicted molar refractivity (Wildman–Crippen MR) is 81.3 cm³/mol. The molecule has 0 amide bonds. The zero-order valence-electron chi connectivity index (χ0n) is 16.0. The number of carboxylic acid groups (broad SMARTS) is 6. The molecule has 0 bridgehead atoms. The van der Waals surface area contributed by atoms with E-state index < -0.39 is 35.8 Å². The first kappa shape index (κ1) is 56.2. The Morgan fingerprint density at radius 1 is 0.333 bits per heavy atom. The molecule has 0 spiro atoms. The van der Waals surface area contributed by atoms with Gasteiger partial charge in [-0.15, -0.1) is 0 Å². The van der Waals surface area contributed by atoms with Crippen molar-refractivity contribution in [3.63, 3.8) is 0 Å². The van der Waals surface area contributed by atoms with E-state index in [1.165, 1.54) is 0 Å². The molecule has 0 aromatic carbocycles. The summed E-state index contributed by atoms with van der Waals surface area (Å²) in [7, 11) is 0. The Kier molecular flexibility index (Phi) is 104. The number of carbonyl (C=O) groups is 6. The fourth-order valence-corrected chi connectivity index (χ4v) is 0. The number of carboxylic acids is 6. The van der Waals surface area contributed by atoms with Crippen LogP contribution in [0.4, 0.5) is 0 Å². The number of hydrogen-bond acceptors (Lipinski definition) is 12. The summed E-state index contributed by atoms with van der Waals surface area (Å²) < 4.78 is 0. The summed E-state index contributed by atoms with van der Waals surface area (Å²) in [6.07, 6.45) is 0. The van der Waals surface area contributed by atoms with Crippen molar-refractivity contribution >= 4 is 105 Å². The summed E-state index contributed by atoms with van der Waals surface area (Å²) in [5, 5.41) is 53.3. The maximum Gasteiger partial charge on any atom is 2.00 e. The number of aliphatic carboxylic acids is 6. The molecule has 12 nitrogen and oxygen atoms in total. The monoisotopic (exact) mass is 426 g/mol. The van der Waals surface area contributed by atoms with Crippen LogP contribution in [-0.4, -0.2) is 105 Å². The summed E-state index contributed by atoms with van der Waals surface area (Å²) in [6.45, 7) is 5.83. The Morgan fingerprint density at radius 3 is 0.333 bits per heavy atom. The van der Waals surface area contributed by atoms with E-state index in [2.05, 4.69) is 0 Å². The third-order valence-electron chi connectivity index (χ3n) is 0. The van der Waals surface area contributed by atoms with Crippen LogP contribution in [0.15, 0.2) is 0 Å². The zero-order valence-corrected chi connectivity index (χ0v) is 20.3. The van der Waals surface area contributed by atoms with Gasteiger partial charge in [-0.2, -0.15) is 0 Å². The van der Waals surface area contributed by atoms with Gasteiger partial charge >= 0.3 is 69.2 Å². The molecule has 0 aliphatic carbocycles.